The van der Waals surface area contributed by atoms with Crippen LogP contribution in [0.15, 0.2) is 54.6 Å². The molecule has 0 spiro atoms. The first kappa shape index (κ1) is 18.0. The number of rotatable bonds is 5. The maximum absolute atomic E-state index is 12.6. The average Bonchev–Trinajstić information content (AvgIpc) is 2.69. The standard InChI is InChI=1S/C21H23N3O2/c1-17(26-20-9-7-18(15-22)8-10-20)21(25)24-13-11-23(12-14-24)16-19-5-3-2-4-6-19/h2-10,17H,11-14,16H2,1H3. The van der Waals surface area contributed by atoms with Crippen LogP contribution in [0.5, 0.6) is 5.75 Å². The highest BCUT2D eigenvalue weighted by atomic mass is 16.5. The Morgan fingerprint density at radius 1 is 1.08 bits per heavy atom. The number of benzene rings is 2. The molecule has 0 aliphatic carbocycles. The number of carbonyl (C=O) groups excluding carboxylic acids is 1. The molecule has 1 aliphatic rings. The second-order valence-electron chi connectivity index (χ2n) is 6.48. The Labute approximate surface area is 154 Å². The fraction of sp³-hybridized carbons (Fsp3) is 0.333. The van der Waals surface area contributed by atoms with Gasteiger partial charge in [0.05, 0.1) is 11.6 Å². The van der Waals surface area contributed by atoms with Crippen LogP contribution in [0.1, 0.15) is 18.1 Å². The summed E-state index contributed by atoms with van der Waals surface area (Å²) in [4.78, 5) is 16.9. The Hall–Kier alpha value is -2.84. The van der Waals surface area contributed by atoms with Crippen molar-refractivity contribution >= 4 is 5.91 Å². The van der Waals surface area contributed by atoms with E-state index >= 15 is 0 Å². The lowest BCUT2D eigenvalue weighted by Crippen LogP contribution is -2.51. The van der Waals surface area contributed by atoms with E-state index in [2.05, 4.69) is 35.2 Å². The lowest BCUT2D eigenvalue weighted by Gasteiger charge is -2.35. The molecule has 1 atom stereocenters. The zero-order valence-corrected chi connectivity index (χ0v) is 15.0. The van der Waals surface area contributed by atoms with E-state index in [0.717, 1.165) is 19.6 Å². The van der Waals surface area contributed by atoms with Gasteiger partial charge in [-0.2, -0.15) is 5.26 Å². The van der Waals surface area contributed by atoms with Gasteiger partial charge < -0.3 is 9.64 Å². The maximum atomic E-state index is 12.6. The Bertz CT molecular complexity index is 760. The highest BCUT2D eigenvalue weighted by Crippen LogP contribution is 2.15. The molecular weight excluding hydrogens is 326 g/mol. The van der Waals surface area contributed by atoms with Gasteiger partial charge in [0.1, 0.15) is 5.75 Å². The molecule has 2 aromatic carbocycles. The molecule has 0 N–H and O–H groups in total. The van der Waals surface area contributed by atoms with E-state index in [9.17, 15) is 4.79 Å². The second-order valence-corrected chi connectivity index (χ2v) is 6.48. The summed E-state index contributed by atoms with van der Waals surface area (Å²) in [5.41, 5.74) is 1.87. The summed E-state index contributed by atoms with van der Waals surface area (Å²) in [5, 5.41) is 8.83. The van der Waals surface area contributed by atoms with Gasteiger partial charge in [-0.15, -0.1) is 0 Å². The summed E-state index contributed by atoms with van der Waals surface area (Å²) in [6, 6.07) is 19.3. The summed E-state index contributed by atoms with van der Waals surface area (Å²) >= 11 is 0. The monoisotopic (exact) mass is 349 g/mol. The van der Waals surface area contributed by atoms with Crippen molar-refractivity contribution in [3.8, 4) is 11.8 Å². The van der Waals surface area contributed by atoms with Crippen LogP contribution < -0.4 is 4.74 Å². The third-order valence-electron chi connectivity index (χ3n) is 4.58. The maximum Gasteiger partial charge on any atom is 0.263 e. The highest BCUT2D eigenvalue weighted by molar-refractivity contribution is 5.81. The number of amides is 1. The van der Waals surface area contributed by atoms with Gasteiger partial charge in [-0.05, 0) is 36.8 Å². The zero-order valence-electron chi connectivity index (χ0n) is 15.0. The van der Waals surface area contributed by atoms with E-state index in [1.54, 1.807) is 31.2 Å². The number of ether oxygens (including phenoxy) is 1. The molecule has 0 bridgehead atoms. The highest BCUT2D eigenvalue weighted by Gasteiger charge is 2.26. The number of piperazine rings is 1. The lowest BCUT2D eigenvalue weighted by molar-refractivity contribution is -0.139. The fourth-order valence-electron chi connectivity index (χ4n) is 3.09. The number of nitriles is 1. The molecule has 3 rings (SSSR count). The molecule has 5 nitrogen and oxygen atoms in total. The number of hydrogen-bond acceptors (Lipinski definition) is 4. The van der Waals surface area contributed by atoms with Crippen LogP contribution in [0.3, 0.4) is 0 Å². The molecule has 5 heteroatoms. The third-order valence-corrected chi connectivity index (χ3v) is 4.58. The van der Waals surface area contributed by atoms with Crippen LogP contribution in [0.25, 0.3) is 0 Å². The molecule has 1 unspecified atom stereocenters. The summed E-state index contributed by atoms with van der Waals surface area (Å²) in [7, 11) is 0. The second kappa shape index (κ2) is 8.50. The van der Waals surface area contributed by atoms with Gasteiger partial charge in [-0.3, -0.25) is 9.69 Å². The summed E-state index contributed by atoms with van der Waals surface area (Å²) in [6.07, 6.45) is -0.538. The van der Waals surface area contributed by atoms with Gasteiger partial charge in [0, 0.05) is 32.7 Å². The largest absolute Gasteiger partial charge is 0.481 e. The average molecular weight is 349 g/mol. The molecule has 0 radical (unpaired) electrons. The minimum Gasteiger partial charge on any atom is -0.481 e. The van der Waals surface area contributed by atoms with Crippen LogP contribution in [0.2, 0.25) is 0 Å². The summed E-state index contributed by atoms with van der Waals surface area (Å²) in [6.45, 7) is 5.85. The number of nitrogens with zero attached hydrogens (tertiary/aromatic N) is 3. The minimum absolute atomic E-state index is 0.00807. The van der Waals surface area contributed by atoms with E-state index in [0.29, 0.717) is 24.4 Å². The Morgan fingerprint density at radius 3 is 2.35 bits per heavy atom. The first-order valence-corrected chi connectivity index (χ1v) is 8.87. The van der Waals surface area contributed by atoms with Crippen LogP contribution >= 0.6 is 0 Å². The molecule has 134 valence electrons. The Morgan fingerprint density at radius 2 is 1.73 bits per heavy atom. The SMILES string of the molecule is CC(Oc1ccc(C#N)cc1)C(=O)N1CCN(Cc2ccccc2)CC1. The van der Waals surface area contributed by atoms with Gasteiger partial charge in [-0.25, -0.2) is 0 Å². The Balaban J connectivity index is 1.48. The summed E-state index contributed by atoms with van der Waals surface area (Å²) in [5.74, 6) is 0.612. The van der Waals surface area contributed by atoms with Gasteiger partial charge in [0.15, 0.2) is 6.10 Å². The van der Waals surface area contributed by atoms with Crippen molar-refractivity contribution in [3.05, 3.63) is 65.7 Å². The molecule has 0 aromatic heterocycles. The van der Waals surface area contributed by atoms with Crippen molar-refractivity contribution in [3.63, 3.8) is 0 Å². The van der Waals surface area contributed by atoms with Crippen molar-refractivity contribution in [2.45, 2.75) is 19.6 Å². The molecule has 1 heterocycles. The molecule has 1 aliphatic heterocycles. The van der Waals surface area contributed by atoms with E-state index < -0.39 is 6.10 Å². The zero-order chi connectivity index (χ0) is 18.4. The molecule has 0 saturated carbocycles. The predicted octanol–water partition coefficient (Wildman–Crippen LogP) is 2.67. The van der Waals surface area contributed by atoms with E-state index in [1.165, 1.54) is 5.56 Å². The third kappa shape index (κ3) is 4.62. The molecule has 1 amide bonds. The lowest BCUT2D eigenvalue weighted by atomic mass is 10.2. The molecule has 2 aromatic rings. The molecule has 1 saturated heterocycles. The van der Waals surface area contributed by atoms with Crippen LogP contribution in [-0.2, 0) is 11.3 Å². The van der Waals surface area contributed by atoms with Crippen molar-refractivity contribution in [2.24, 2.45) is 0 Å². The predicted molar refractivity (Wildman–Crippen MR) is 99.5 cm³/mol. The van der Waals surface area contributed by atoms with Crippen molar-refractivity contribution < 1.29 is 9.53 Å². The van der Waals surface area contributed by atoms with E-state index in [4.69, 9.17) is 10.00 Å². The van der Waals surface area contributed by atoms with Gasteiger partial charge in [-0.1, -0.05) is 30.3 Å². The van der Waals surface area contributed by atoms with E-state index in [1.807, 2.05) is 11.0 Å². The smallest absolute Gasteiger partial charge is 0.263 e. The van der Waals surface area contributed by atoms with Crippen molar-refractivity contribution in [1.82, 2.24) is 9.80 Å². The van der Waals surface area contributed by atoms with Crippen LogP contribution in [0.4, 0.5) is 0 Å². The molecule has 1 fully saturated rings. The molecular formula is C21H23N3O2. The quantitative estimate of drug-likeness (QED) is 0.833. The van der Waals surface area contributed by atoms with Gasteiger partial charge in [0.25, 0.3) is 5.91 Å². The first-order valence-electron chi connectivity index (χ1n) is 8.87. The Kier molecular flexibility index (Phi) is 5.88. The first-order chi connectivity index (χ1) is 12.7. The molecule has 26 heavy (non-hydrogen) atoms. The van der Waals surface area contributed by atoms with Gasteiger partial charge in [0.2, 0.25) is 0 Å². The number of hydrogen-bond donors (Lipinski definition) is 0. The van der Waals surface area contributed by atoms with Crippen LogP contribution in [-0.4, -0.2) is 48.0 Å². The summed E-state index contributed by atoms with van der Waals surface area (Å²) < 4.78 is 5.74. The van der Waals surface area contributed by atoms with Crippen LogP contribution in [0, 0.1) is 11.3 Å². The number of carbonyl (C=O) groups is 1. The normalized spacial score (nSPS) is 15.9. The van der Waals surface area contributed by atoms with Crippen molar-refractivity contribution in [2.75, 3.05) is 26.2 Å². The minimum atomic E-state index is -0.538. The topological polar surface area (TPSA) is 56.6 Å². The van der Waals surface area contributed by atoms with Crippen molar-refractivity contribution in [1.29, 1.82) is 5.26 Å². The van der Waals surface area contributed by atoms with E-state index in [-0.39, 0.29) is 5.91 Å². The fourth-order valence-corrected chi connectivity index (χ4v) is 3.09. The van der Waals surface area contributed by atoms with Gasteiger partial charge >= 0.3 is 0 Å².